The van der Waals surface area contributed by atoms with Gasteiger partial charge in [-0.05, 0) is 29.8 Å². The zero-order valence-electron chi connectivity index (χ0n) is 14.7. The van der Waals surface area contributed by atoms with Gasteiger partial charge in [-0.1, -0.05) is 48.5 Å². The molecule has 0 radical (unpaired) electrons. The average Bonchev–Trinajstić information content (AvgIpc) is 3.36. The van der Waals surface area contributed by atoms with E-state index in [0.29, 0.717) is 5.76 Å². The van der Waals surface area contributed by atoms with Gasteiger partial charge in [-0.3, -0.25) is 4.79 Å². The lowest BCUT2D eigenvalue weighted by molar-refractivity contribution is -0.122. The smallest absolute Gasteiger partial charge is 0.240 e. The maximum Gasteiger partial charge on any atom is 0.240 e. The van der Waals surface area contributed by atoms with Gasteiger partial charge >= 0.3 is 0 Å². The largest absolute Gasteiger partial charge is 0.467 e. The van der Waals surface area contributed by atoms with Crippen molar-refractivity contribution in [3.05, 3.63) is 84.8 Å². The molecule has 1 amide bonds. The van der Waals surface area contributed by atoms with Gasteiger partial charge < -0.3 is 19.4 Å². The molecule has 136 valence electrons. The molecule has 27 heavy (non-hydrogen) atoms. The van der Waals surface area contributed by atoms with Crippen molar-refractivity contribution in [2.75, 3.05) is 6.54 Å². The first-order valence-corrected chi connectivity index (χ1v) is 8.84. The van der Waals surface area contributed by atoms with E-state index in [1.54, 1.807) is 12.1 Å². The normalized spacial score (nSPS) is 12.2. The van der Waals surface area contributed by atoms with Gasteiger partial charge in [-0.2, -0.15) is 0 Å². The van der Waals surface area contributed by atoms with Gasteiger partial charge in [0.1, 0.15) is 18.4 Å². The van der Waals surface area contributed by atoms with Crippen molar-refractivity contribution in [1.82, 2.24) is 9.88 Å². The lowest BCUT2D eigenvalue weighted by atomic mass is 10.1. The van der Waals surface area contributed by atoms with Crippen molar-refractivity contribution in [3.63, 3.8) is 0 Å². The van der Waals surface area contributed by atoms with Gasteiger partial charge in [0, 0.05) is 16.6 Å². The molecule has 0 saturated carbocycles. The van der Waals surface area contributed by atoms with E-state index in [2.05, 4.69) is 11.4 Å². The molecule has 4 aromatic rings. The van der Waals surface area contributed by atoms with Crippen LogP contribution in [0.4, 0.5) is 0 Å². The van der Waals surface area contributed by atoms with Gasteiger partial charge in [0.15, 0.2) is 0 Å². The van der Waals surface area contributed by atoms with Gasteiger partial charge in [0.25, 0.3) is 0 Å². The van der Waals surface area contributed by atoms with Gasteiger partial charge in [-0.25, -0.2) is 0 Å². The van der Waals surface area contributed by atoms with Crippen LogP contribution in [-0.2, 0) is 11.3 Å². The molecule has 2 aromatic heterocycles. The molecule has 0 aliphatic rings. The Balaban J connectivity index is 1.56. The van der Waals surface area contributed by atoms with Crippen molar-refractivity contribution in [3.8, 4) is 11.3 Å². The number of rotatable bonds is 6. The van der Waals surface area contributed by atoms with E-state index in [4.69, 9.17) is 4.42 Å². The maximum atomic E-state index is 12.5. The Hall–Kier alpha value is -3.31. The summed E-state index contributed by atoms with van der Waals surface area (Å²) in [6.07, 6.45) is 0.636. The van der Waals surface area contributed by atoms with Crippen LogP contribution in [0.5, 0.6) is 0 Å². The lowest BCUT2D eigenvalue weighted by Gasteiger charge is -2.13. The van der Waals surface area contributed by atoms with E-state index in [9.17, 15) is 9.90 Å². The third-order valence-electron chi connectivity index (χ3n) is 4.55. The van der Waals surface area contributed by atoms with Crippen LogP contribution in [-0.4, -0.2) is 22.1 Å². The van der Waals surface area contributed by atoms with Crippen LogP contribution in [0.3, 0.4) is 0 Å². The number of para-hydroxylation sites is 1. The SMILES string of the molecule is O=C(Cn1c(-c2ccccc2)cc2ccccc21)NCC(O)c1ccco1. The first-order chi connectivity index (χ1) is 13.2. The molecule has 0 aliphatic heterocycles. The molecule has 2 aromatic carbocycles. The molecule has 1 atom stereocenters. The summed E-state index contributed by atoms with van der Waals surface area (Å²) in [6, 6.07) is 23.5. The first-order valence-electron chi connectivity index (χ1n) is 8.84. The van der Waals surface area contributed by atoms with Crippen molar-refractivity contribution >= 4 is 16.8 Å². The fraction of sp³-hybridized carbons (Fsp3) is 0.136. The summed E-state index contributed by atoms with van der Waals surface area (Å²) in [4.78, 5) is 12.5. The van der Waals surface area contributed by atoms with E-state index < -0.39 is 6.10 Å². The number of aromatic nitrogens is 1. The standard InChI is InChI=1S/C22H20N2O3/c25-20(21-11-6-12-27-21)14-23-22(26)15-24-18-10-5-4-9-17(18)13-19(24)16-7-2-1-3-8-16/h1-13,20,25H,14-15H2,(H,23,26). The zero-order valence-corrected chi connectivity index (χ0v) is 14.7. The third-order valence-corrected chi connectivity index (χ3v) is 4.55. The zero-order chi connectivity index (χ0) is 18.6. The Labute approximate surface area is 156 Å². The summed E-state index contributed by atoms with van der Waals surface area (Å²) in [5.41, 5.74) is 3.04. The summed E-state index contributed by atoms with van der Waals surface area (Å²) >= 11 is 0. The fourth-order valence-electron chi connectivity index (χ4n) is 3.22. The van der Waals surface area contributed by atoms with E-state index in [-0.39, 0.29) is 19.0 Å². The number of carbonyl (C=O) groups is 1. The Morgan fingerprint density at radius 3 is 2.59 bits per heavy atom. The number of hydrogen-bond donors (Lipinski definition) is 2. The molecular formula is C22H20N2O3. The minimum atomic E-state index is -0.862. The Bertz CT molecular complexity index is 1040. The number of aliphatic hydroxyl groups is 1. The number of benzene rings is 2. The number of aliphatic hydroxyl groups excluding tert-OH is 1. The topological polar surface area (TPSA) is 67.4 Å². The highest BCUT2D eigenvalue weighted by molar-refractivity contribution is 5.89. The van der Waals surface area contributed by atoms with Crippen molar-refractivity contribution in [2.24, 2.45) is 0 Å². The monoisotopic (exact) mass is 360 g/mol. The Kier molecular flexibility index (Phi) is 4.77. The minimum Gasteiger partial charge on any atom is -0.467 e. The van der Waals surface area contributed by atoms with Crippen LogP contribution in [0, 0.1) is 0 Å². The van der Waals surface area contributed by atoms with E-state index in [1.165, 1.54) is 6.26 Å². The van der Waals surface area contributed by atoms with Crippen LogP contribution in [0.15, 0.2) is 83.5 Å². The third kappa shape index (κ3) is 3.64. The minimum absolute atomic E-state index is 0.103. The van der Waals surface area contributed by atoms with Gasteiger partial charge in [0.05, 0.1) is 12.8 Å². The molecule has 0 fully saturated rings. The maximum absolute atomic E-state index is 12.5. The van der Waals surface area contributed by atoms with Gasteiger partial charge in [-0.15, -0.1) is 0 Å². The highest BCUT2D eigenvalue weighted by Gasteiger charge is 2.15. The predicted octanol–water partition coefficient (Wildman–Crippen LogP) is 3.75. The number of fused-ring (bicyclic) bond motifs is 1. The lowest BCUT2D eigenvalue weighted by Crippen LogP contribution is -2.31. The number of nitrogens with one attached hydrogen (secondary N) is 1. The second-order valence-corrected chi connectivity index (χ2v) is 6.38. The summed E-state index contributed by atoms with van der Waals surface area (Å²) in [6.45, 7) is 0.273. The number of nitrogens with zero attached hydrogens (tertiary/aromatic N) is 1. The second kappa shape index (κ2) is 7.51. The van der Waals surface area contributed by atoms with E-state index in [0.717, 1.165) is 22.2 Å². The highest BCUT2D eigenvalue weighted by atomic mass is 16.4. The molecule has 4 rings (SSSR count). The molecule has 0 spiro atoms. The average molecular weight is 360 g/mol. The molecule has 5 nitrogen and oxygen atoms in total. The first kappa shape index (κ1) is 17.1. The van der Waals surface area contributed by atoms with Crippen LogP contribution >= 0.6 is 0 Å². The fourth-order valence-corrected chi connectivity index (χ4v) is 3.22. The molecule has 0 aliphatic carbocycles. The summed E-state index contributed by atoms with van der Waals surface area (Å²) in [5.74, 6) is 0.269. The van der Waals surface area contributed by atoms with E-state index in [1.807, 2.05) is 59.2 Å². The number of amides is 1. The summed E-state index contributed by atoms with van der Waals surface area (Å²) in [5, 5.41) is 13.9. The molecule has 2 N–H and O–H groups in total. The summed E-state index contributed by atoms with van der Waals surface area (Å²) < 4.78 is 7.16. The van der Waals surface area contributed by atoms with Crippen molar-refractivity contribution in [1.29, 1.82) is 0 Å². The molecule has 5 heteroatoms. The predicted molar refractivity (Wildman–Crippen MR) is 104 cm³/mol. The second-order valence-electron chi connectivity index (χ2n) is 6.38. The Morgan fingerprint density at radius 2 is 1.81 bits per heavy atom. The van der Waals surface area contributed by atoms with Gasteiger partial charge in [0.2, 0.25) is 5.91 Å². The number of hydrogen-bond acceptors (Lipinski definition) is 3. The van der Waals surface area contributed by atoms with Crippen LogP contribution in [0.25, 0.3) is 22.2 Å². The van der Waals surface area contributed by atoms with Crippen LogP contribution in [0.2, 0.25) is 0 Å². The van der Waals surface area contributed by atoms with Crippen LogP contribution < -0.4 is 5.32 Å². The quantitative estimate of drug-likeness (QED) is 0.550. The number of carbonyl (C=O) groups excluding carboxylic acids is 1. The molecule has 2 heterocycles. The summed E-state index contributed by atoms with van der Waals surface area (Å²) in [7, 11) is 0. The highest BCUT2D eigenvalue weighted by Crippen LogP contribution is 2.28. The Morgan fingerprint density at radius 1 is 1.04 bits per heavy atom. The number of furan rings is 1. The molecule has 0 bridgehead atoms. The van der Waals surface area contributed by atoms with Crippen LogP contribution in [0.1, 0.15) is 11.9 Å². The van der Waals surface area contributed by atoms with E-state index >= 15 is 0 Å². The molecule has 1 unspecified atom stereocenters. The van der Waals surface area contributed by atoms with Crippen molar-refractivity contribution in [2.45, 2.75) is 12.6 Å². The molecular weight excluding hydrogens is 340 g/mol. The molecule has 0 saturated heterocycles. The van der Waals surface area contributed by atoms with Crippen molar-refractivity contribution < 1.29 is 14.3 Å².